The maximum Gasteiger partial charge on any atom is 0.234 e. The van der Waals surface area contributed by atoms with Gasteiger partial charge in [0, 0.05) is 11.3 Å². The number of benzene rings is 2. The zero-order valence-electron chi connectivity index (χ0n) is 12.8. The van der Waals surface area contributed by atoms with Crippen molar-refractivity contribution in [3.63, 3.8) is 0 Å². The molecule has 0 aliphatic carbocycles. The SMILES string of the molecule is Nn1c(SCC(=O)Nc2cccc(F)c2)nnc1-c1ccccc1Cl. The van der Waals surface area contributed by atoms with E-state index in [-0.39, 0.29) is 11.7 Å². The third-order valence-electron chi connectivity index (χ3n) is 3.22. The number of carbonyl (C=O) groups is 1. The molecule has 0 saturated heterocycles. The van der Waals surface area contributed by atoms with Gasteiger partial charge in [0.15, 0.2) is 5.82 Å². The highest BCUT2D eigenvalue weighted by atomic mass is 35.5. The summed E-state index contributed by atoms with van der Waals surface area (Å²) in [4.78, 5) is 12.0. The molecule has 0 aliphatic heterocycles. The first-order chi connectivity index (χ1) is 12.0. The molecule has 0 atom stereocenters. The Morgan fingerprint density at radius 1 is 1.24 bits per heavy atom. The number of nitrogens with one attached hydrogen (secondary N) is 1. The first kappa shape index (κ1) is 17.2. The summed E-state index contributed by atoms with van der Waals surface area (Å²) in [5, 5.41) is 11.5. The summed E-state index contributed by atoms with van der Waals surface area (Å²) in [6.45, 7) is 0. The van der Waals surface area contributed by atoms with E-state index in [1.807, 2.05) is 6.07 Å². The zero-order valence-corrected chi connectivity index (χ0v) is 14.4. The van der Waals surface area contributed by atoms with Gasteiger partial charge in [-0.05, 0) is 30.3 Å². The van der Waals surface area contributed by atoms with E-state index in [1.54, 1.807) is 24.3 Å². The van der Waals surface area contributed by atoms with E-state index in [0.717, 1.165) is 11.8 Å². The number of nitrogen functional groups attached to an aromatic ring is 1. The number of hydrogen-bond donors (Lipinski definition) is 2. The Labute approximate surface area is 152 Å². The standard InChI is InChI=1S/C16H13ClFN5OS/c17-13-7-2-1-6-12(13)15-21-22-16(23(15)19)25-9-14(24)20-11-5-3-4-10(18)8-11/h1-8H,9,19H2,(H,20,24). The summed E-state index contributed by atoms with van der Waals surface area (Å²) < 4.78 is 14.4. The van der Waals surface area contributed by atoms with Crippen LogP contribution in [0.4, 0.5) is 10.1 Å². The molecule has 25 heavy (non-hydrogen) atoms. The van der Waals surface area contributed by atoms with Gasteiger partial charge >= 0.3 is 0 Å². The molecular formula is C16H13ClFN5OS. The Balaban J connectivity index is 1.66. The smallest absolute Gasteiger partial charge is 0.234 e. The van der Waals surface area contributed by atoms with Crippen LogP contribution in [0.25, 0.3) is 11.4 Å². The highest BCUT2D eigenvalue weighted by Crippen LogP contribution is 2.27. The zero-order chi connectivity index (χ0) is 17.8. The summed E-state index contributed by atoms with van der Waals surface area (Å²) >= 11 is 7.25. The van der Waals surface area contributed by atoms with Gasteiger partial charge in [0.05, 0.1) is 10.8 Å². The molecule has 6 nitrogen and oxygen atoms in total. The van der Waals surface area contributed by atoms with Gasteiger partial charge in [0.1, 0.15) is 5.82 Å². The molecule has 0 unspecified atom stereocenters. The monoisotopic (exact) mass is 377 g/mol. The van der Waals surface area contributed by atoms with E-state index >= 15 is 0 Å². The normalized spacial score (nSPS) is 10.6. The van der Waals surface area contributed by atoms with E-state index in [0.29, 0.717) is 27.3 Å². The number of thioether (sulfide) groups is 1. The predicted molar refractivity (Wildman–Crippen MR) is 96.4 cm³/mol. The molecule has 128 valence electrons. The molecule has 0 spiro atoms. The number of carbonyl (C=O) groups excluding carboxylic acids is 1. The fourth-order valence-electron chi connectivity index (χ4n) is 2.10. The molecule has 2 aromatic carbocycles. The van der Waals surface area contributed by atoms with Crippen LogP contribution in [0.5, 0.6) is 0 Å². The number of nitrogens with zero attached hydrogens (tertiary/aromatic N) is 3. The molecular weight excluding hydrogens is 365 g/mol. The Bertz CT molecular complexity index is 917. The van der Waals surface area contributed by atoms with E-state index in [1.165, 1.54) is 22.9 Å². The van der Waals surface area contributed by atoms with Crippen molar-refractivity contribution in [2.75, 3.05) is 16.9 Å². The van der Waals surface area contributed by atoms with Crippen LogP contribution in [0, 0.1) is 5.82 Å². The number of halogens is 2. The number of aromatic nitrogens is 3. The van der Waals surface area contributed by atoms with Crippen LogP contribution in [0.3, 0.4) is 0 Å². The second-order valence-corrected chi connectivity index (χ2v) is 6.35. The van der Waals surface area contributed by atoms with Crippen LogP contribution in [0.2, 0.25) is 5.02 Å². The minimum Gasteiger partial charge on any atom is -0.335 e. The average molecular weight is 378 g/mol. The third-order valence-corrected chi connectivity index (χ3v) is 4.49. The molecule has 0 bridgehead atoms. The molecule has 9 heteroatoms. The fourth-order valence-corrected chi connectivity index (χ4v) is 2.97. The first-order valence-corrected chi connectivity index (χ1v) is 8.54. The third kappa shape index (κ3) is 4.09. The minimum absolute atomic E-state index is 0.0500. The first-order valence-electron chi connectivity index (χ1n) is 7.18. The van der Waals surface area contributed by atoms with Crippen molar-refractivity contribution in [3.8, 4) is 11.4 Å². The molecule has 3 N–H and O–H groups in total. The highest BCUT2D eigenvalue weighted by molar-refractivity contribution is 7.99. The number of nitrogens with two attached hydrogens (primary N) is 1. The van der Waals surface area contributed by atoms with Gasteiger partial charge in [-0.3, -0.25) is 4.79 Å². The van der Waals surface area contributed by atoms with Crippen LogP contribution in [-0.2, 0) is 4.79 Å². The van der Waals surface area contributed by atoms with Crippen LogP contribution < -0.4 is 11.2 Å². The van der Waals surface area contributed by atoms with E-state index in [2.05, 4.69) is 15.5 Å². The second kappa shape index (κ2) is 7.54. The lowest BCUT2D eigenvalue weighted by atomic mass is 10.2. The Morgan fingerprint density at radius 2 is 2.04 bits per heavy atom. The van der Waals surface area contributed by atoms with Gasteiger partial charge in [-0.15, -0.1) is 10.2 Å². The highest BCUT2D eigenvalue weighted by Gasteiger charge is 2.15. The largest absolute Gasteiger partial charge is 0.335 e. The van der Waals surface area contributed by atoms with Gasteiger partial charge in [-0.1, -0.05) is 41.6 Å². The number of rotatable bonds is 5. The van der Waals surface area contributed by atoms with E-state index in [4.69, 9.17) is 17.4 Å². The lowest BCUT2D eigenvalue weighted by molar-refractivity contribution is -0.113. The molecule has 1 heterocycles. The maximum absolute atomic E-state index is 13.1. The summed E-state index contributed by atoms with van der Waals surface area (Å²) in [6.07, 6.45) is 0. The molecule has 3 rings (SSSR count). The molecule has 0 saturated carbocycles. The quantitative estimate of drug-likeness (QED) is 0.527. The van der Waals surface area contributed by atoms with Crippen LogP contribution in [-0.4, -0.2) is 26.5 Å². The maximum atomic E-state index is 13.1. The van der Waals surface area contributed by atoms with Crippen molar-refractivity contribution in [2.45, 2.75) is 5.16 Å². The van der Waals surface area contributed by atoms with Crippen molar-refractivity contribution in [1.82, 2.24) is 14.9 Å². The second-order valence-electron chi connectivity index (χ2n) is 5.00. The van der Waals surface area contributed by atoms with E-state index < -0.39 is 5.82 Å². The molecule has 0 aliphatic rings. The van der Waals surface area contributed by atoms with Crippen molar-refractivity contribution in [2.24, 2.45) is 0 Å². The predicted octanol–water partition coefficient (Wildman–Crippen LogP) is 3.18. The summed E-state index contributed by atoms with van der Waals surface area (Å²) in [6, 6.07) is 12.8. The molecule has 0 radical (unpaired) electrons. The Kier molecular flexibility index (Phi) is 5.20. The van der Waals surface area contributed by atoms with Crippen LogP contribution >= 0.6 is 23.4 Å². The van der Waals surface area contributed by atoms with Crippen LogP contribution in [0.1, 0.15) is 0 Å². The summed E-state index contributed by atoms with van der Waals surface area (Å²) in [7, 11) is 0. The lowest BCUT2D eigenvalue weighted by Crippen LogP contribution is -2.16. The van der Waals surface area contributed by atoms with Gasteiger partial charge in [0.2, 0.25) is 11.1 Å². The van der Waals surface area contributed by atoms with Crippen LogP contribution in [0.15, 0.2) is 53.7 Å². The number of hydrogen-bond acceptors (Lipinski definition) is 5. The molecule has 0 fully saturated rings. The summed E-state index contributed by atoms with van der Waals surface area (Å²) in [5.41, 5.74) is 1.03. The Morgan fingerprint density at radius 3 is 2.80 bits per heavy atom. The van der Waals surface area contributed by atoms with Gasteiger partial charge in [0.25, 0.3) is 0 Å². The van der Waals surface area contributed by atoms with E-state index in [9.17, 15) is 9.18 Å². The summed E-state index contributed by atoms with van der Waals surface area (Å²) in [5.74, 6) is 5.72. The Hall–Kier alpha value is -2.58. The van der Waals surface area contributed by atoms with Crippen molar-refractivity contribution < 1.29 is 9.18 Å². The lowest BCUT2D eigenvalue weighted by Gasteiger charge is -2.06. The molecule has 1 amide bonds. The fraction of sp³-hybridized carbons (Fsp3) is 0.0625. The van der Waals surface area contributed by atoms with Crippen molar-refractivity contribution in [3.05, 3.63) is 59.4 Å². The topological polar surface area (TPSA) is 85.8 Å². The van der Waals surface area contributed by atoms with Gasteiger partial charge in [-0.25, -0.2) is 9.07 Å². The average Bonchev–Trinajstić information content (AvgIpc) is 2.94. The van der Waals surface area contributed by atoms with Crippen molar-refractivity contribution >= 4 is 35.0 Å². The molecule has 1 aromatic heterocycles. The number of anilines is 1. The van der Waals surface area contributed by atoms with Crippen molar-refractivity contribution in [1.29, 1.82) is 0 Å². The minimum atomic E-state index is -0.420. The molecule has 3 aromatic rings. The van der Waals surface area contributed by atoms with Gasteiger partial charge < -0.3 is 11.2 Å². The number of amides is 1. The van der Waals surface area contributed by atoms with Gasteiger partial charge in [-0.2, -0.15) is 0 Å².